The van der Waals surface area contributed by atoms with Crippen LogP contribution in [0.4, 0.5) is 0 Å². The Morgan fingerprint density at radius 2 is 1.65 bits per heavy atom. The molecule has 5 nitrogen and oxygen atoms in total. The number of rotatable bonds is 3. The minimum absolute atomic E-state index is 0.101. The van der Waals surface area contributed by atoms with E-state index >= 15 is 0 Å². The van der Waals surface area contributed by atoms with Crippen LogP contribution in [0.3, 0.4) is 0 Å². The van der Waals surface area contributed by atoms with Crippen LogP contribution in [0, 0.1) is 0 Å². The van der Waals surface area contributed by atoms with E-state index in [2.05, 4.69) is 10.2 Å². The number of hydrogen-bond donors (Lipinski definition) is 1. The molecule has 3 rings (SSSR count). The van der Waals surface area contributed by atoms with Gasteiger partial charge in [-0.3, -0.25) is 9.59 Å². The standard InChI is InChI=1S/C18H17N3O2/c1-12(13-8-4-3-5-9-13)21(2)18(23)16-14-10-6-7-11-15(14)17(22)20-19-16/h3-12H,1-2H3,(H,20,22)/t12-/m0/s1. The summed E-state index contributed by atoms with van der Waals surface area (Å²) in [6.45, 7) is 1.96. The van der Waals surface area contributed by atoms with Gasteiger partial charge in [-0.1, -0.05) is 48.5 Å². The van der Waals surface area contributed by atoms with Gasteiger partial charge in [-0.05, 0) is 18.6 Å². The normalized spacial score (nSPS) is 12.1. The Balaban J connectivity index is 2.01. The van der Waals surface area contributed by atoms with E-state index in [1.807, 2.05) is 37.3 Å². The average molecular weight is 307 g/mol. The Morgan fingerprint density at radius 3 is 2.35 bits per heavy atom. The second-order valence-electron chi connectivity index (χ2n) is 5.45. The Hall–Kier alpha value is -2.95. The molecule has 0 bridgehead atoms. The molecule has 1 aromatic heterocycles. The third kappa shape index (κ3) is 2.73. The van der Waals surface area contributed by atoms with Crippen LogP contribution in [-0.4, -0.2) is 28.1 Å². The zero-order chi connectivity index (χ0) is 16.4. The van der Waals surface area contributed by atoms with E-state index in [0.717, 1.165) is 5.56 Å². The Bertz CT molecular complexity index is 903. The zero-order valence-corrected chi connectivity index (χ0v) is 13.0. The molecule has 5 heteroatoms. The van der Waals surface area contributed by atoms with Gasteiger partial charge in [0.05, 0.1) is 11.4 Å². The minimum atomic E-state index is -0.295. The van der Waals surface area contributed by atoms with Crippen molar-refractivity contribution in [3.05, 3.63) is 76.2 Å². The lowest BCUT2D eigenvalue weighted by molar-refractivity contribution is 0.0737. The van der Waals surface area contributed by atoms with Crippen LogP contribution >= 0.6 is 0 Å². The summed E-state index contributed by atoms with van der Waals surface area (Å²) < 4.78 is 0. The number of H-pyrrole nitrogens is 1. The fourth-order valence-corrected chi connectivity index (χ4v) is 2.58. The molecule has 0 spiro atoms. The van der Waals surface area contributed by atoms with E-state index < -0.39 is 0 Å². The summed E-state index contributed by atoms with van der Waals surface area (Å²) in [6, 6.07) is 16.7. The van der Waals surface area contributed by atoms with Crippen LogP contribution in [0.25, 0.3) is 10.8 Å². The Labute approximate surface area is 133 Å². The van der Waals surface area contributed by atoms with Crippen molar-refractivity contribution in [3.8, 4) is 0 Å². The van der Waals surface area contributed by atoms with E-state index in [1.165, 1.54) is 0 Å². The van der Waals surface area contributed by atoms with Crippen LogP contribution in [0.15, 0.2) is 59.4 Å². The number of carbonyl (C=O) groups is 1. The molecule has 1 amide bonds. The summed E-state index contributed by atoms with van der Waals surface area (Å²) in [4.78, 5) is 26.3. The molecule has 0 fully saturated rings. The molecule has 1 heterocycles. The number of hydrogen-bond acceptors (Lipinski definition) is 3. The van der Waals surface area contributed by atoms with Crippen molar-refractivity contribution in [2.45, 2.75) is 13.0 Å². The summed E-state index contributed by atoms with van der Waals surface area (Å²) >= 11 is 0. The van der Waals surface area contributed by atoms with E-state index in [-0.39, 0.29) is 23.2 Å². The van der Waals surface area contributed by atoms with Gasteiger partial charge in [-0.15, -0.1) is 0 Å². The monoisotopic (exact) mass is 307 g/mol. The maximum absolute atomic E-state index is 12.8. The Morgan fingerprint density at radius 1 is 1.04 bits per heavy atom. The first-order valence-corrected chi connectivity index (χ1v) is 7.39. The predicted octanol–water partition coefficient (Wildman–Crippen LogP) is 2.76. The van der Waals surface area contributed by atoms with Crippen molar-refractivity contribution >= 4 is 16.7 Å². The smallest absolute Gasteiger partial charge is 0.275 e. The maximum Gasteiger partial charge on any atom is 0.275 e. The molecule has 0 aliphatic carbocycles. The summed E-state index contributed by atoms with van der Waals surface area (Å²) in [5.41, 5.74) is 0.999. The molecule has 1 atom stereocenters. The number of aromatic nitrogens is 2. The van der Waals surface area contributed by atoms with Gasteiger partial charge in [0.2, 0.25) is 0 Å². The number of nitrogens with zero attached hydrogens (tertiary/aromatic N) is 2. The quantitative estimate of drug-likeness (QED) is 0.809. The second kappa shape index (κ2) is 6.04. The number of aromatic amines is 1. The average Bonchev–Trinajstić information content (AvgIpc) is 2.61. The van der Waals surface area contributed by atoms with Gasteiger partial charge in [-0.2, -0.15) is 5.10 Å². The second-order valence-corrected chi connectivity index (χ2v) is 5.45. The van der Waals surface area contributed by atoms with Crippen LogP contribution in [-0.2, 0) is 0 Å². The molecule has 0 radical (unpaired) electrons. The molecule has 3 aromatic rings. The number of carbonyl (C=O) groups excluding carboxylic acids is 1. The molecule has 116 valence electrons. The molecule has 23 heavy (non-hydrogen) atoms. The molecule has 0 aliphatic rings. The first-order chi connectivity index (χ1) is 11.1. The van der Waals surface area contributed by atoms with Crippen LogP contribution in [0.1, 0.15) is 29.0 Å². The molecular weight excluding hydrogens is 290 g/mol. The summed E-state index contributed by atoms with van der Waals surface area (Å²) in [6.07, 6.45) is 0. The molecule has 1 N–H and O–H groups in total. The lowest BCUT2D eigenvalue weighted by atomic mass is 10.1. The highest BCUT2D eigenvalue weighted by atomic mass is 16.2. The summed E-state index contributed by atoms with van der Waals surface area (Å²) in [7, 11) is 1.74. The highest BCUT2D eigenvalue weighted by Crippen LogP contribution is 2.22. The van der Waals surface area contributed by atoms with Gasteiger partial charge in [0.1, 0.15) is 0 Å². The number of benzene rings is 2. The highest BCUT2D eigenvalue weighted by Gasteiger charge is 2.22. The summed E-state index contributed by atoms with van der Waals surface area (Å²) in [5.74, 6) is -0.228. The lowest BCUT2D eigenvalue weighted by Crippen LogP contribution is -2.31. The van der Waals surface area contributed by atoms with Gasteiger partial charge in [0.15, 0.2) is 5.69 Å². The lowest BCUT2D eigenvalue weighted by Gasteiger charge is -2.25. The molecule has 0 unspecified atom stereocenters. The van der Waals surface area contributed by atoms with Crippen molar-refractivity contribution in [1.82, 2.24) is 15.1 Å². The highest BCUT2D eigenvalue weighted by molar-refractivity contribution is 6.04. The number of fused-ring (bicyclic) bond motifs is 1. The zero-order valence-electron chi connectivity index (χ0n) is 13.0. The SMILES string of the molecule is C[C@@H](c1ccccc1)N(C)C(=O)c1n[nH]c(=O)c2ccccc12. The Kier molecular flexibility index (Phi) is 3.93. The van der Waals surface area contributed by atoms with Gasteiger partial charge < -0.3 is 4.90 Å². The van der Waals surface area contributed by atoms with Gasteiger partial charge in [0.25, 0.3) is 11.5 Å². The minimum Gasteiger partial charge on any atom is -0.334 e. The van der Waals surface area contributed by atoms with Crippen LogP contribution in [0.2, 0.25) is 0 Å². The molecule has 2 aromatic carbocycles. The van der Waals surface area contributed by atoms with E-state index in [4.69, 9.17) is 0 Å². The van der Waals surface area contributed by atoms with Crippen molar-refractivity contribution in [3.63, 3.8) is 0 Å². The van der Waals surface area contributed by atoms with E-state index in [9.17, 15) is 9.59 Å². The third-order valence-corrected chi connectivity index (χ3v) is 4.08. The molecule has 0 aliphatic heterocycles. The summed E-state index contributed by atoms with van der Waals surface area (Å²) in [5, 5.41) is 7.41. The van der Waals surface area contributed by atoms with Crippen LogP contribution in [0.5, 0.6) is 0 Å². The van der Waals surface area contributed by atoms with Crippen molar-refractivity contribution < 1.29 is 4.79 Å². The number of nitrogens with one attached hydrogen (secondary N) is 1. The topological polar surface area (TPSA) is 66.1 Å². The fourth-order valence-electron chi connectivity index (χ4n) is 2.58. The maximum atomic E-state index is 12.8. The first kappa shape index (κ1) is 15.0. The van der Waals surface area contributed by atoms with Crippen molar-refractivity contribution in [2.75, 3.05) is 7.05 Å². The van der Waals surface area contributed by atoms with Gasteiger partial charge >= 0.3 is 0 Å². The molecule has 0 saturated heterocycles. The largest absolute Gasteiger partial charge is 0.334 e. The predicted molar refractivity (Wildman–Crippen MR) is 89.3 cm³/mol. The van der Waals surface area contributed by atoms with E-state index in [1.54, 1.807) is 36.2 Å². The van der Waals surface area contributed by atoms with Gasteiger partial charge in [0, 0.05) is 12.4 Å². The third-order valence-electron chi connectivity index (χ3n) is 4.08. The van der Waals surface area contributed by atoms with Gasteiger partial charge in [-0.25, -0.2) is 5.10 Å². The first-order valence-electron chi connectivity index (χ1n) is 7.39. The van der Waals surface area contributed by atoms with Crippen LogP contribution < -0.4 is 5.56 Å². The fraction of sp³-hybridized carbons (Fsp3) is 0.167. The number of amides is 1. The van der Waals surface area contributed by atoms with Crippen molar-refractivity contribution in [1.29, 1.82) is 0 Å². The van der Waals surface area contributed by atoms with E-state index in [0.29, 0.717) is 10.8 Å². The molecule has 0 saturated carbocycles. The molecular formula is C18H17N3O2. The van der Waals surface area contributed by atoms with Crippen molar-refractivity contribution in [2.24, 2.45) is 0 Å².